The zero-order valence-electron chi connectivity index (χ0n) is 21.2. The monoisotopic (exact) mass is 517 g/mol. The molecule has 196 valence electrons. The van der Waals surface area contributed by atoms with E-state index in [1.165, 1.54) is 14.2 Å². The van der Waals surface area contributed by atoms with E-state index in [-0.39, 0.29) is 28.2 Å². The summed E-state index contributed by atoms with van der Waals surface area (Å²) in [5.41, 5.74) is 11.9. The fraction of sp³-hybridized carbons (Fsp3) is 0.520. The van der Waals surface area contributed by atoms with E-state index in [2.05, 4.69) is 23.5 Å². The smallest absolute Gasteiger partial charge is 0.270 e. The number of benzene rings is 1. The van der Waals surface area contributed by atoms with Gasteiger partial charge in [0.05, 0.1) is 19.9 Å². The van der Waals surface area contributed by atoms with Gasteiger partial charge in [0, 0.05) is 12.6 Å². The lowest BCUT2D eigenvalue weighted by atomic mass is 9.99. The quantitative estimate of drug-likeness (QED) is 0.414. The maximum absolute atomic E-state index is 14.0. The molecule has 1 fully saturated rings. The minimum atomic E-state index is -0.953. The molecule has 11 heteroatoms. The highest BCUT2D eigenvalue weighted by Gasteiger charge is 2.40. The van der Waals surface area contributed by atoms with Crippen LogP contribution in [0.3, 0.4) is 0 Å². The number of methoxy groups -OCH3 is 2. The number of anilines is 1. The van der Waals surface area contributed by atoms with Crippen LogP contribution in [0.5, 0.6) is 11.5 Å². The molecule has 2 aromatic rings. The van der Waals surface area contributed by atoms with Crippen LogP contribution < -0.4 is 26.3 Å². The third-order valence-electron chi connectivity index (χ3n) is 6.38. The Balaban J connectivity index is 2.11. The normalized spacial score (nSPS) is 14.5. The zero-order chi connectivity index (χ0) is 26.4. The standard InChI is InChI=1S/C25H35N5O5S/c1-14(2)11-12-28-24(32)21(15-9-10-17(34-3)18(13-15)35-4)30(16-7-5-6-8-16)25(33)22-19(26)20(23(27)31)29-36-22/h9-10,13-14,16,21H,5-8,11-12,26H2,1-4H3,(H2,27,31)(H,28,32)/t21-/m0/s1. The number of aromatic nitrogens is 1. The van der Waals surface area contributed by atoms with Crippen LogP contribution in [0.15, 0.2) is 18.2 Å². The highest BCUT2D eigenvalue weighted by molar-refractivity contribution is 7.09. The van der Waals surface area contributed by atoms with Gasteiger partial charge in [-0.15, -0.1) is 0 Å². The Hall–Kier alpha value is -3.34. The Kier molecular flexibility index (Phi) is 9.14. The molecular weight excluding hydrogens is 482 g/mol. The van der Waals surface area contributed by atoms with Crippen molar-refractivity contribution in [3.63, 3.8) is 0 Å². The lowest BCUT2D eigenvalue weighted by Gasteiger charge is -2.36. The van der Waals surface area contributed by atoms with Gasteiger partial charge >= 0.3 is 0 Å². The SMILES string of the molecule is COc1ccc([C@@H](C(=O)NCCC(C)C)N(C(=O)c2snc(C(N)=O)c2N)C2CCCC2)cc1OC. The Bertz CT molecular complexity index is 1100. The van der Waals surface area contributed by atoms with E-state index in [1.807, 2.05) is 0 Å². The fourth-order valence-corrected chi connectivity index (χ4v) is 5.21. The number of nitrogen functional groups attached to an aromatic ring is 1. The van der Waals surface area contributed by atoms with E-state index in [0.717, 1.165) is 43.6 Å². The van der Waals surface area contributed by atoms with Crippen molar-refractivity contribution in [2.45, 2.75) is 58.0 Å². The first kappa shape index (κ1) is 27.3. The minimum absolute atomic E-state index is 0.0632. The number of hydrogen-bond acceptors (Lipinski definition) is 8. The van der Waals surface area contributed by atoms with E-state index in [4.69, 9.17) is 20.9 Å². The Morgan fingerprint density at radius 1 is 1.17 bits per heavy atom. The number of carbonyl (C=O) groups excluding carboxylic acids is 3. The lowest BCUT2D eigenvalue weighted by Crippen LogP contribution is -2.48. The molecule has 1 saturated carbocycles. The van der Waals surface area contributed by atoms with E-state index in [0.29, 0.717) is 29.5 Å². The van der Waals surface area contributed by atoms with Crippen LogP contribution >= 0.6 is 11.5 Å². The highest BCUT2D eigenvalue weighted by Crippen LogP contribution is 2.38. The molecule has 0 unspecified atom stereocenters. The van der Waals surface area contributed by atoms with Crippen molar-refractivity contribution in [1.29, 1.82) is 0 Å². The summed E-state index contributed by atoms with van der Waals surface area (Å²) >= 11 is 0.816. The van der Waals surface area contributed by atoms with Gasteiger partial charge in [0.25, 0.3) is 11.8 Å². The lowest BCUT2D eigenvalue weighted by molar-refractivity contribution is -0.126. The molecule has 1 atom stereocenters. The second kappa shape index (κ2) is 12.1. The average molecular weight is 518 g/mol. The van der Waals surface area contributed by atoms with Crippen LogP contribution in [0.1, 0.15) is 77.7 Å². The molecule has 3 amide bonds. The van der Waals surface area contributed by atoms with Crippen molar-refractivity contribution in [2.24, 2.45) is 11.7 Å². The Labute approximate surface area is 215 Å². The molecule has 10 nitrogen and oxygen atoms in total. The van der Waals surface area contributed by atoms with Crippen LogP contribution in [0.2, 0.25) is 0 Å². The molecule has 1 aromatic heterocycles. The molecule has 0 bridgehead atoms. The summed E-state index contributed by atoms with van der Waals surface area (Å²) in [5, 5.41) is 3.00. The van der Waals surface area contributed by atoms with Gasteiger partial charge in [0.2, 0.25) is 5.91 Å². The van der Waals surface area contributed by atoms with Crippen molar-refractivity contribution >= 4 is 34.9 Å². The molecule has 0 radical (unpaired) electrons. The molecule has 1 heterocycles. The highest BCUT2D eigenvalue weighted by atomic mass is 32.1. The third-order valence-corrected chi connectivity index (χ3v) is 7.23. The molecule has 3 rings (SSSR count). The number of nitrogens with zero attached hydrogens (tertiary/aromatic N) is 2. The van der Waals surface area contributed by atoms with Gasteiger partial charge in [-0.25, -0.2) is 0 Å². The van der Waals surface area contributed by atoms with E-state index in [1.54, 1.807) is 23.1 Å². The molecule has 1 aliphatic rings. The fourth-order valence-electron chi connectivity index (χ4n) is 4.46. The molecule has 0 aliphatic heterocycles. The van der Waals surface area contributed by atoms with Crippen molar-refractivity contribution in [1.82, 2.24) is 14.6 Å². The molecule has 0 saturated heterocycles. The number of carbonyl (C=O) groups is 3. The van der Waals surface area contributed by atoms with Gasteiger partial charge in [-0.1, -0.05) is 32.8 Å². The Morgan fingerprint density at radius 3 is 2.39 bits per heavy atom. The second-order valence-corrected chi connectivity index (χ2v) is 10.1. The van der Waals surface area contributed by atoms with Gasteiger partial charge in [-0.05, 0) is 54.4 Å². The molecule has 36 heavy (non-hydrogen) atoms. The topological polar surface area (TPSA) is 150 Å². The number of rotatable bonds is 11. The van der Waals surface area contributed by atoms with Crippen LogP contribution in [0, 0.1) is 5.92 Å². The summed E-state index contributed by atoms with van der Waals surface area (Å²) in [7, 11) is 3.05. The number of nitrogens with two attached hydrogens (primary N) is 2. The van der Waals surface area contributed by atoms with Gasteiger partial charge in [-0.3, -0.25) is 14.4 Å². The first-order valence-electron chi connectivity index (χ1n) is 12.1. The van der Waals surface area contributed by atoms with Crippen LogP contribution in [-0.4, -0.2) is 53.8 Å². The number of amides is 3. The van der Waals surface area contributed by atoms with Crippen LogP contribution in [0.25, 0.3) is 0 Å². The molecular formula is C25H35N5O5S. The average Bonchev–Trinajstić information content (AvgIpc) is 3.51. The molecule has 1 aliphatic carbocycles. The van der Waals surface area contributed by atoms with E-state index < -0.39 is 17.9 Å². The number of primary amides is 1. The number of nitrogens with one attached hydrogen (secondary N) is 1. The van der Waals surface area contributed by atoms with E-state index in [9.17, 15) is 14.4 Å². The maximum atomic E-state index is 14.0. The molecule has 5 N–H and O–H groups in total. The largest absolute Gasteiger partial charge is 0.493 e. The molecule has 1 aromatic carbocycles. The first-order chi connectivity index (χ1) is 17.2. The van der Waals surface area contributed by atoms with E-state index >= 15 is 0 Å². The second-order valence-electron chi connectivity index (χ2n) is 9.28. The number of hydrogen-bond donors (Lipinski definition) is 3. The number of ether oxygens (including phenoxy) is 2. The predicted octanol–water partition coefficient (Wildman–Crippen LogP) is 3.13. The minimum Gasteiger partial charge on any atom is -0.493 e. The third kappa shape index (κ3) is 5.89. The van der Waals surface area contributed by atoms with Crippen molar-refractivity contribution in [3.8, 4) is 11.5 Å². The van der Waals surface area contributed by atoms with Gasteiger partial charge < -0.3 is 31.2 Å². The van der Waals surface area contributed by atoms with Crippen molar-refractivity contribution < 1.29 is 23.9 Å². The summed E-state index contributed by atoms with van der Waals surface area (Å²) in [4.78, 5) is 41.1. The zero-order valence-corrected chi connectivity index (χ0v) is 22.0. The summed E-state index contributed by atoms with van der Waals surface area (Å²) in [6.07, 6.45) is 4.16. The predicted molar refractivity (Wildman–Crippen MR) is 138 cm³/mol. The van der Waals surface area contributed by atoms with Crippen LogP contribution in [0.4, 0.5) is 5.69 Å². The van der Waals surface area contributed by atoms with Crippen molar-refractivity contribution in [2.75, 3.05) is 26.5 Å². The van der Waals surface area contributed by atoms with Gasteiger partial charge in [-0.2, -0.15) is 4.37 Å². The maximum Gasteiger partial charge on any atom is 0.270 e. The summed E-state index contributed by atoms with van der Waals surface area (Å²) in [6.45, 7) is 4.63. The van der Waals surface area contributed by atoms with Crippen LogP contribution in [-0.2, 0) is 4.79 Å². The van der Waals surface area contributed by atoms with Gasteiger partial charge in [0.1, 0.15) is 10.9 Å². The van der Waals surface area contributed by atoms with Gasteiger partial charge in [0.15, 0.2) is 17.2 Å². The van der Waals surface area contributed by atoms with Crippen molar-refractivity contribution in [3.05, 3.63) is 34.3 Å². The first-order valence-corrected chi connectivity index (χ1v) is 12.8. The summed E-state index contributed by atoms with van der Waals surface area (Å²) < 4.78 is 14.8. The summed E-state index contributed by atoms with van der Waals surface area (Å²) in [6, 6.07) is 4.04. The Morgan fingerprint density at radius 2 is 1.83 bits per heavy atom. The molecule has 0 spiro atoms. The summed E-state index contributed by atoms with van der Waals surface area (Å²) in [5.74, 6) is -0.205.